The fourth-order valence-corrected chi connectivity index (χ4v) is 1.68. The number of ether oxygens (including phenoxy) is 1. The summed E-state index contributed by atoms with van der Waals surface area (Å²) in [5.41, 5.74) is 1.17. The Hall–Kier alpha value is -2.27. The minimum atomic E-state index is -0.716. The van der Waals surface area contributed by atoms with Gasteiger partial charge in [-0.25, -0.2) is 4.98 Å². The second kappa shape index (κ2) is 6.06. The highest BCUT2D eigenvalue weighted by Gasteiger charge is 2.19. The molecule has 0 aliphatic heterocycles. The minimum absolute atomic E-state index is 0.331. The van der Waals surface area contributed by atoms with Crippen LogP contribution < -0.4 is 5.32 Å². The molecule has 19 heavy (non-hydrogen) atoms. The quantitative estimate of drug-likeness (QED) is 0.859. The molecule has 98 valence electrons. The van der Waals surface area contributed by atoms with Gasteiger partial charge >= 0.3 is 0 Å². The molecule has 1 amide bonds. The molecule has 1 N–H and O–H groups in total. The zero-order valence-electron chi connectivity index (χ0n) is 10.3. The third-order valence-corrected chi connectivity index (χ3v) is 2.57. The van der Waals surface area contributed by atoms with Crippen LogP contribution in [0.5, 0.6) is 0 Å². The predicted octanol–water partition coefficient (Wildman–Crippen LogP) is 2.55. The summed E-state index contributed by atoms with van der Waals surface area (Å²) in [7, 11) is 1.46. The van der Waals surface area contributed by atoms with Crippen LogP contribution in [0, 0.1) is 5.95 Å². The minimum Gasteiger partial charge on any atom is -0.367 e. The van der Waals surface area contributed by atoms with Crippen LogP contribution in [-0.4, -0.2) is 18.0 Å². The summed E-state index contributed by atoms with van der Waals surface area (Å²) in [6.45, 7) is 0. The second-order valence-corrected chi connectivity index (χ2v) is 3.89. The number of nitrogens with one attached hydrogen (secondary N) is 1. The van der Waals surface area contributed by atoms with E-state index >= 15 is 0 Å². The molecular formula is C14H13FN2O2. The van der Waals surface area contributed by atoms with E-state index in [0.717, 1.165) is 5.56 Å². The van der Waals surface area contributed by atoms with Gasteiger partial charge < -0.3 is 10.1 Å². The molecule has 2 aromatic rings. The Bertz CT molecular complexity index is 543. The summed E-state index contributed by atoms with van der Waals surface area (Å²) in [6.07, 6.45) is 0.538. The molecule has 2 rings (SSSR count). The molecule has 0 fully saturated rings. The van der Waals surface area contributed by atoms with Gasteiger partial charge in [0, 0.05) is 7.11 Å². The number of carbonyl (C=O) groups is 1. The van der Waals surface area contributed by atoms with Gasteiger partial charge in [0.2, 0.25) is 5.95 Å². The van der Waals surface area contributed by atoms with Crippen LogP contribution >= 0.6 is 0 Å². The first-order chi connectivity index (χ1) is 9.20. The van der Waals surface area contributed by atoms with Gasteiger partial charge in [-0.1, -0.05) is 30.3 Å². The fraction of sp³-hybridized carbons (Fsp3) is 0.143. The van der Waals surface area contributed by atoms with E-state index in [2.05, 4.69) is 10.3 Å². The summed E-state index contributed by atoms with van der Waals surface area (Å²) in [5.74, 6) is -0.925. The van der Waals surface area contributed by atoms with Crippen molar-refractivity contribution in [1.82, 2.24) is 4.98 Å². The van der Waals surface area contributed by atoms with Crippen LogP contribution in [0.4, 0.5) is 10.1 Å². The first-order valence-corrected chi connectivity index (χ1v) is 5.71. The predicted molar refractivity (Wildman–Crippen MR) is 69.0 cm³/mol. The lowest BCUT2D eigenvalue weighted by atomic mass is 10.1. The average Bonchev–Trinajstić information content (AvgIpc) is 2.43. The highest BCUT2D eigenvalue weighted by Crippen LogP contribution is 2.18. The van der Waals surface area contributed by atoms with Gasteiger partial charge in [0.15, 0.2) is 6.10 Å². The van der Waals surface area contributed by atoms with Crippen molar-refractivity contribution in [2.75, 3.05) is 12.4 Å². The molecule has 1 heterocycles. The molecule has 5 heteroatoms. The monoisotopic (exact) mass is 260 g/mol. The number of halogens is 1. The number of nitrogens with zero attached hydrogens (tertiary/aromatic N) is 1. The van der Waals surface area contributed by atoms with Gasteiger partial charge in [0.1, 0.15) is 0 Å². The van der Waals surface area contributed by atoms with Gasteiger partial charge in [-0.3, -0.25) is 4.79 Å². The summed E-state index contributed by atoms with van der Waals surface area (Å²) >= 11 is 0. The Kier molecular flexibility index (Phi) is 4.20. The Morgan fingerprint density at radius 2 is 2.00 bits per heavy atom. The Morgan fingerprint density at radius 1 is 1.26 bits per heavy atom. The number of hydrogen-bond donors (Lipinski definition) is 1. The third kappa shape index (κ3) is 3.35. The number of aromatic nitrogens is 1. The maximum Gasteiger partial charge on any atom is 0.258 e. The van der Waals surface area contributed by atoms with Crippen molar-refractivity contribution in [2.24, 2.45) is 0 Å². The number of benzene rings is 1. The lowest BCUT2D eigenvalue weighted by Crippen LogP contribution is -2.22. The maximum atomic E-state index is 12.7. The molecule has 0 aliphatic carbocycles. The number of pyridine rings is 1. The molecule has 0 aliphatic rings. The van der Waals surface area contributed by atoms with E-state index in [9.17, 15) is 9.18 Å². The van der Waals surface area contributed by atoms with E-state index in [1.54, 1.807) is 12.1 Å². The van der Waals surface area contributed by atoms with Crippen molar-refractivity contribution >= 4 is 11.6 Å². The topological polar surface area (TPSA) is 51.2 Å². The molecule has 1 atom stereocenters. The van der Waals surface area contributed by atoms with Gasteiger partial charge in [0.25, 0.3) is 5.91 Å². The molecular weight excluding hydrogens is 247 g/mol. The van der Waals surface area contributed by atoms with Crippen LogP contribution in [0.3, 0.4) is 0 Å². The largest absolute Gasteiger partial charge is 0.367 e. The normalized spacial score (nSPS) is 11.9. The van der Waals surface area contributed by atoms with E-state index < -0.39 is 12.1 Å². The Labute approximate surface area is 110 Å². The zero-order chi connectivity index (χ0) is 13.7. The van der Waals surface area contributed by atoms with Gasteiger partial charge in [-0.05, 0) is 17.7 Å². The molecule has 0 spiro atoms. The van der Waals surface area contributed by atoms with Crippen molar-refractivity contribution in [1.29, 1.82) is 0 Å². The van der Waals surface area contributed by atoms with E-state index in [1.807, 2.05) is 18.2 Å². The summed E-state index contributed by atoms with van der Waals surface area (Å²) in [6, 6.07) is 11.7. The van der Waals surface area contributed by atoms with Crippen molar-refractivity contribution in [3.05, 3.63) is 60.2 Å². The van der Waals surface area contributed by atoms with Crippen molar-refractivity contribution < 1.29 is 13.9 Å². The van der Waals surface area contributed by atoms with Crippen molar-refractivity contribution in [2.45, 2.75) is 6.10 Å². The maximum absolute atomic E-state index is 12.7. The third-order valence-electron chi connectivity index (χ3n) is 2.57. The standard InChI is InChI=1S/C14H13FN2O2/c1-19-13(10-5-3-2-4-6-10)14(18)17-11-7-8-12(15)16-9-11/h2-9,13H,1H3,(H,17,18). The number of carbonyl (C=O) groups excluding carboxylic acids is 1. The van der Waals surface area contributed by atoms with Crippen molar-refractivity contribution in [3.63, 3.8) is 0 Å². The van der Waals surface area contributed by atoms with E-state index in [-0.39, 0.29) is 5.91 Å². The molecule has 0 saturated heterocycles. The molecule has 1 unspecified atom stereocenters. The molecule has 0 bridgehead atoms. The number of amides is 1. The lowest BCUT2D eigenvalue weighted by molar-refractivity contribution is -0.126. The van der Waals surface area contributed by atoms with Gasteiger partial charge in [-0.2, -0.15) is 4.39 Å². The summed E-state index contributed by atoms with van der Waals surface area (Å²) < 4.78 is 17.9. The van der Waals surface area contributed by atoms with Gasteiger partial charge in [0.05, 0.1) is 11.9 Å². The SMILES string of the molecule is COC(C(=O)Nc1ccc(F)nc1)c1ccccc1. The number of anilines is 1. The highest BCUT2D eigenvalue weighted by molar-refractivity contribution is 5.94. The van der Waals surface area contributed by atoms with Gasteiger partial charge in [-0.15, -0.1) is 0 Å². The van der Waals surface area contributed by atoms with Crippen LogP contribution in [0.15, 0.2) is 48.7 Å². The average molecular weight is 260 g/mol. The number of methoxy groups -OCH3 is 1. The van der Waals surface area contributed by atoms with Crippen LogP contribution in [0.2, 0.25) is 0 Å². The Morgan fingerprint density at radius 3 is 2.58 bits per heavy atom. The van der Waals surface area contributed by atoms with E-state index in [0.29, 0.717) is 5.69 Å². The van der Waals surface area contributed by atoms with Crippen LogP contribution in [0.25, 0.3) is 0 Å². The van der Waals surface area contributed by atoms with Crippen LogP contribution in [0.1, 0.15) is 11.7 Å². The van der Waals surface area contributed by atoms with Crippen LogP contribution in [-0.2, 0) is 9.53 Å². The van der Waals surface area contributed by atoms with E-state index in [1.165, 1.54) is 25.4 Å². The Balaban J connectivity index is 2.11. The molecule has 1 aromatic heterocycles. The summed E-state index contributed by atoms with van der Waals surface area (Å²) in [4.78, 5) is 15.5. The molecule has 4 nitrogen and oxygen atoms in total. The van der Waals surface area contributed by atoms with E-state index in [4.69, 9.17) is 4.74 Å². The summed E-state index contributed by atoms with van der Waals surface area (Å²) in [5, 5.41) is 2.63. The molecule has 1 aromatic carbocycles. The first kappa shape index (κ1) is 13.2. The second-order valence-electron chi connectivity index (χ2n) is 3.89. The fourth-order valence-electron chi connectivity index (χ4n) is 1.68. The molecule has 0 saturated carbocycles. The lowest BCUT2D eigenvalue weighted by Gasteiger charge is -2.15. The number of hydrogen-bond acceptors (Lipinski definition) is 3. The number of rotatable bonds is 4. The zero-order valence-corrected chi connectivity index (χ0v) is 10.3. The smallest absolute Gasteiger partial charge is 0.258 e. The molecule has 0 radical (unpaired) electrons. The highest BCUT2D eigenvalue weighted by atomic mass is 19.1. The first-order valence-electron chi connectivity index (χ1n) is 5.71. The van der Waals surface area contributed by atoms with Crippen molar-refractivity contribution in [3.8, 4) is 0 Å².